The molecule has 0 aromatic heterocycles. The van der Waals surface area contributed by atoms with Crippen molar-refractivity contribution in [3.8, 4) is 0 Å². The molecule has 7 nitrogen and oxygen atoms in total. The van der Waals surface area contributed by atoms with Gasteiger partial charge >= 0.3 is 12.1 Å². The summed E-state index contributed by atoms with van der Waals surface area (Å²) in [6.07, 6.45) is 2.67. The van der Waals surface area contributed by atoms with Crippen LogP contribution in [0.1, 0.15) is 37.7 Å². The van der Waals surface area contributed by atoms with Gasteiger partial charge in [0.2, 0.25) is 0 Å². The lowest BCUT2D eigenvalue weighted by molar-refractivity contribution is -0.276. The van der Waals surface area contributed by atoms with E-state index in [1.54, 1.807) is 0 Å². The van der Waals surface area contributed by atoms with Gasteiger partial charge in [-0.2, -0.15) is 0 Å². The Labute approximate surface area is 158 Å². The maximum Gasteiger partial charge on any atom is 0.412 e. The fourth-order valence-corrected chi connectivity index (χ4v) is 3.34. The van der Waals surface area contributed by atoms with Crippen LogP contribution in [0.3, 0.4) is 0 Å². The van der Waals surface area contributed by atoms with Gasteiger partial charge < -0.3 is 18.9 Å². The van der Waals surface area contributed by atoms with Gasteiger partial charge in [0, 0.05) is 12.8 Å². The molecular weight excluding hydrogens is 350 g/mol. The monoisotopic (exact) mass is 375 g/mol. The van der Waals surface area contributed by atoms with Crippen molar-refractivity contribution < 1.29 is 28.5 Å². The molecule has 1 aromatic carbocycles. The van der Waals surface area contributed by atoms with Gasteiger partial charge in [0.25, 0.3) is 0 Å². The summed E-state index contributed by atoms with van der Waals surface area (Å²) in [6, 6.07) is 9.34. The third-order valence-corrected chi connectivity index (χ3v) is 4.82. The van der Waals surface area contributed by atoms with Crippen LogP contribution in [0, 0.1) is 0 Å². The number of hydrogen-bond donors (Lipinski definition) is 1. The lowest BCUT2D eigenvalue weighted by atomic mass is 9.88. The van der Waals surface area contributed by atoms with E-state index in [0.717, 1.165) is 17.6 Å². The number of allylic oxidation sites excluding steroid dienone is 1. The lowest BCUT2D eigenvalue weighted by Gasteiger charge is -2.40. The van der Waals surface area contributed by atoms with Crippen molar-refractivity contribution >= 4 is 12.1 Å². The van der Waals surface area contributed by atoms with E-state index in [9.17, 15) is 9.59 Å². The molecule has 0 bridgehead atoms. The molecule has 1 N–H and O–H groups in total. The number of benzene rings is 1. The van der Waals surface area contributed by atoms with Crippen LogP contribution in [0.15, 0.2) is 41.6 Å². The van der Waals surface area contributed by atoms with Crippen molar-refractivity contribution in [2.45, 2.75) is 44.5 Å². The molecule has 2 aliphatic rings. The predicted octanol–water partition coefficient (Wildman–Crippen LogP) is 3.05. The molecule has 146 valence electrons. The molecule has 2 fully saturated rings. The molecule has 1 spiro atoms. The summed E-state index contributed by atoms with van der Waals surface area (Å²) >= 11 is 0. The van der Waals surface area contributed by atoms with E-state index in [4.69, 9.17) is 18.9 Å². The normalized spacial score (nSPS) is 18.6. The topological polar surface area (TPSA) is 83.1 Å². The van der Waals surface area contributed by atoms with E-state index in [2.05, 4.69) is 5.32 Å². The molecule has 1 aliphatic heterocycles. The van der Waals surface area contributed by atoms with E-state index in [1.165, 1.54) is 7.11 Å². The maximum absolute atomic E-state index is 12.2. The van der Waals surface area contributed by atoms with Gasteiger partial charge in [-0.3, -0.25) is 5.32 Å². The molecule has 0 atom stereocenters. The first-order chi connectivity index (χ1) is 13.1. The van der Waals surface area contributed by atoms with E-state index in [-0.39, 0.29) is 12.3 Å². The second-order valence-corrected chi connectivity index (χ2v) is 6.62. The second kappa shape index (κ2) is 9.01. The highest BCUT2D eigenvalue weighted by molar-refractivity contribution is 5.93. The fourth-order valence-electron chi connectivity index (χ4n) is 3.34. The van der Waals surface area contributed by atoms with Crippen LogP contribution in [0.2, 0.25) is 0 Å². The SMILES string of the molecule is COC(=O)C(NC(=O)OCc1ccccc1)=C1CCC2(CC1)OCCCO2. The van der Waals surface area contributed by atoms with E-state index < -0.39 is 17.8 Å². The van der Waals surface area contributed by atoms with Gasteiger partial charge in [0.05, 0.1) is 20.3 Å². The maximum atomic E-state index is 12.2. The number of esters is 1. The first-order valence-electron chi connectivity index (χ1n) is 9.18. The number of hydrogen-bond acceptors (Lipinski definition) is 6. The molecule has 1 aliphatic carbocycles. The zero-order valence-electron chi connectivity index (χ0n) is 15.5. The van der Waals surface area contributed by atoms with Gasteiger partial charge in [0.1, 0.15) is 12.3 Å². The molecule has 1 saturated carbocycles. The summed E-state index contributed by atoms with van der Waals surface area (Å²) < 4.78 is 21.7. The molecule has 3 rings (SSSR count). The minimum absolute atomic E-state index is 0.126. The summed E-state index contributed by atoms with van der Waals surface area (Å²) in [5.41, 5.74) is 1.84. The Morgan fingerprint density at radius 3 is 2.41 bits per heavy atom. The van der Waals surface area contributed by atoms with Gasteiger partial charge in [-0.1, -0.05) is 30.3 Å². The zero-order chi connectivity index (χ0) is 19.1. The van der Waals surface area contributed by atoms with Crippen molar-refractivity contribution in [2.75, 3.05) is 20.3 Å². The van der Waals surface area contributed by atoms with Gasteiger partial charge in [-0.25, -0.2) is 9.59 Å². The van der Waals surface area contributed by atoms with Crippen LogP contribution >= 0.6 is 0 Å². The number of methoxy groups -OCH3 is 1. The highest BCUT2D eigenvalue weighted by Gasteiger charge is 2.38. The average Bonchev–Trinajstić information content (AvgIpc) is 2.72. The molecule has 1 saturated heterocycles. The Bertz CT molecular complexity index is 682. The first kappa shape index (κ1) is 19.4. The molecule has 7 heteroatoms. The lowest BCUT2D eigenvalue weighted by Crippen LogP contribution is -2.43. The molecule has 0 radical (unpaired) electrons. The van der Waals surface area contributed by atoms with Crippen LogP contribution in [0.25, 0.3) is 0 Å². The number of amides is 1. The number of rotatable bonds is 4. The molecule has 1 heterocycles. The van der Waals surface area contributed by atoms with E-state index in [0.29, 0.717) is 38.9 Å². The van der Waals surface area contributed by atoms with Crippen LogP contribution in [0.4, 0.5) is 4.79 Å². The van der Waals surface area contributed by atoms with Crippen molar-refractivity contribution in [3.05, 3.63) is 47.2 Å². The summed E-state index contributed by atoms with van der Waals surface area (Å²) in [5, 5.41) is 2.56. The standard InChI is InChI=1S/C20H25NO6/c1-24-18(22)17(21-19(23)25-14-15-6-3-2-4-7-15)16-8-10-20(11-9-16)26-12-5-13-27-20/h2-4,6-7H,5,8-14H2,1H3,(H,21,23). The predicted molar refractivity (Wildman–Crippen MR) is 96.5 cm³/mol. The third-order valence-electron chi connectivity index (χ3n) is 4.82. The zero-order valence-corrected chi connectivity index (χ0v) is 15.5. The van der Waals surface area contributed by atoms with Crippen LogP contribution < -0.4 is 5.32 Å². The minimum atomic E-state index is -0.683. The van der Waals surface area contributed by atoms with Crippen LogP contribution in [-0.4, -0.2) is 38.2 Å². The molecular formula is C20H25NO6. The molecule has 1 amide bonds. The highest BCUT2D eigenvalue weighted by atomic mass is 16.7. The molecule has 27 heavy (non-hydrogen) atoms. The van der Waals surface area contributed by atoms with Crippen LogP contribution in [-0.2, 0) is 30.3 Å². The number of ether oxygens (including phenoxy) is 4. The van der Waals surface area contributed by atoms with Gasteiger partial charge in [0.15, 0.2) is 5.79 Å². The van der Waals surface area contributed by atoms with E-state index in [1.807, 2.05) is 30.3 Å². The summed E-state index contributed by atoms with van der Waals surface area (Å²) in [6.45, 7) is 1.50. The Hall–Kier alpha value is -2.38. The molecule has 0 unspecified atom stereocenters. The third kappa shape index (κ3) is 5.08. The average molecular weight is 375 g/mol. The Morgan fingerprint density at radius 1 is 1.11 bits per heavy atom. The smallest absolute Gasteiger partial charge is 0.412 e. The van der Waals surface area contributed by atoms with Crippen molar-refractivity contribution in [1.82, 2.24) is 5.32 Å². The quantitative estimate of drug-likeness (QED) is 0.643. The Morgan fingerprint density at radius 2 is 1.78 bits per heavy atom. The minimum Gasteiger partial charge on any atom is -0.464 e. The second-order valence-electron chi connectivity index (χ2n) is 6.62. The number of alkyl carbamates (subject to hydrolysis) is 1. The van der Waals surface area contributed by atoms with E-state index >= 15 is 0 Å². The van der Waals surface area contributed by atoms with Crippen molar-refractivity contribution in [2.24, 2.45) is 0 Å². The number of carbonyl (C=O) groups excluding carboxylic acids is 2. The highest BCUT2D eigenvalue weighted by Crippen LogP contribution is 2.38. The molecule has 1 aromatic rings. The van der Waals surface area contributed by atoms with Gasteiger partial charge in [-0.05, 0) is 30.4 Å². The summed E-state index contributed by atoms with van der Waals surface area (Å²) in [4.78, 5) is 24.3. The number of nitrogens with one attached hydrogen (secondary N) is 1. The van der Waals surface area contributed by atoms with Crippen LogP contribution in [0.5, 0.6) is 0 Å². The first-order valence-corrected chi connectivity index (χ1v) is 9.18. The Balaban J connectivity index is 1.62. The Kier molecular flexibility index (Phi) is 6.47. The fraction of sp³-hybridized carbons (Fsp3) is 0.500. The number of carbonyl (C=O) groups is 2. The van der Waals surface area contributed by atoms with Crippen molar-refractivity contribution in [3.63, 3.8) is 0 Å². The largest absolute Gasteiger partial charge is 0.464 e. The summed E-state index contributed by atoms with van der Waals surface area (Å²) in [5.74, 6) is -1.14. The van der Waals surface area contributed by atoms with Gasteiger partial charge in [-0.15, -0.1) is 0 Å². The van der Waals surface area contributed by atoms with Crippen molar-refractivity contribution in [1.29, 1.82) is 0 Å². The summed E-state index contributed by atoms with van der Waals surface area (Å²) in [7, 11) is 1.29.